The van der Waals surface area contributed by atoms with Crippen molar-refractivity contribution in [3.8, 4) is 0 Å². The van der Waals surface area contributed by atoms with Crippen LogP contribution < -0.4 is 5.32 Å². The lowest BCUT2D eigenvalue weighted by molar-refractivity contribution is 0.128. The van der Waals surface area contributed by atoms with Crippen LogP contribution in [0.15, 0.2) is 11.4 Å². The molecule has 0 unspecified atom stereocenters. The van der Waals surface area contributed by atoms with Gasteiger partial charge in [-0.15, -0.1) is 11.3 Å². The van der Waals surface area contributed by atoms with Gasteiger partial charge in [0.05, 0.1) is 5.02 Å². The molecule has 2 heterocycles. The first-order chi connectivity index (χ1) is 8.86. The van der Waals surface area contributed by atoms with Gasteiger partial charge in [-0.2, -0.15) is 0 Å². The average molecular weight is 285 g/mol. The minimum atomic E-state index is 0.571. The van der Waals surface area contributed by atoms with E-state index in [1.165, 1.54) is 30.6 Å². The zero-order valence-electron chi connectivity index (χ0n) is 10.7. The van der Waals surface area contributed by atoms with Gasteiger partial charge in [0.15, 0.2) is 0 Å². The fourth-order valence-electron chi connectivity index (χ4n) is 3.43. The van der Waals surface area contributed by atoms with Crippen LogP contribution in [0.4, 0.5) is 0 Å². The van der Waals surface area contributed by atoms with Gasteiger partial charge in [0.2, 0.25) is 0 Å². The Morgan fingerprint density at radius 3 is 2.61 bits per heavy atom. The average Bonchev–Trinajstić information content (AvgIpc) is 3.05. The molecule has 1 saturated heterocycles. The van der Waals surface area contributed by atoms with Gasteiger partial charge in [-0.3, -0.25) is 4.90 Å². The highest BCUT2D eigenvalue weighted by atomic mass is 35.5. The number of thiophene rings is 1. The smallest absolute Gasteiger partial charge is 0.0561 e. The third-order valence-electron chi connectivity index (χ3n) is 4.30. The standard InChI is InChI=1S/C14H21ClN2S/c15-12-5-10-18-14(12)13(11-3-1-2-4-11)17-8-6-16-7-9-17/h5,10-11,13,16H,1-4,6-9H2/t13-/m1/s1. The van der Waals surface area contributed by atoms with Crippen LogP contribution in [0.5, 0.6) is 0 Å². The lowest BCUT2D eigenvalue weighted by atomic mass is 9.94. The highest BCUT2D eigenvalue weighted by Crippen LogP contribution is 2.43. The van der Waals surface area contributed by atoms with Crippen molar-refractivity contribution in [1.82, 2.24) is 10.2 Å². The summed E-state index contributed by atoms with van der Waals surface area (Å²) in [7, 11) is 0. The van der Waals surface area contributed by atoms with E-state index in [9.17, 15) is 0 Å². The van der Waals surface area contributed by atoms with E-state index >= 15 is 0 Å². The number of hydrogen-bond acceptors (Lipinski definition) is 3. The molecule has 0 amide bonds. The van der Waals surface area contributed by atoms with Gasteiger partial charge in [0.1, 0.15) is 0 Å². The number of rotatable bonds is 3. The third kappa shape index (κ3) is 2.60. The lowest BCUT2D eigenvalue weighted by Crippen LogP contribution is -2.46. The van der Waals surface area contributed by atoms with Crippen LogP contribution >= 0.6 is 22.9 Å². The van der Waals surface area contributed by atoms with Crippen LogP contribution in [0.3, 0.4) is 0 Å². The predicted molar refractivity (Wildman–Crippen MR) is 78.5 cm³/mol. The van der Waals surface area contributed by atoms with Crippen LogP contribution in [-0.4, -0.2) is 31.1 Å². The molecular formula is C14H21ClN2S. The summed E-state index contributed by atoms with van der Waals surface area (Å²) < 4.78 is 0. The van der Waals surface area contributed by atoms with Gasteiger partial charge in [-0.25, -0.2) is 0 Å². The van der Waals surface area contributed by atoms with Crippen molar-refractivity contribution in [2.45, 2.75) is 31.7 Å². The fourth-order valence-corrected chi connectivity index (χ4v) is 4.82. The Labute approximate surface area is 118 Å². The summed E-state index contributed by atoms with van der Waals surface area (Å²) in [5.41, 5.74) is 0. The molecule has 4 heteroatoms. The molecule has 0 spiro atoms. The molecule has 0 radical (unpaired) electrons. The molecule has 1 aliphatic carbocycles. The molecule has 2 fully saturated rings. The van der Waals surface area contributed by atoms with E-state index in [4.69, 9.17) is 11.6 Å². The summed E-state index contributed by atoms with van der Waals surface area (Å²) in [6.45, 7) is 4.56. The van der Waals surface area contributed by atoms with E-state index < -0.39 is 0 Å². The summed E-state index contributed by atoms with van der Waals surface area (Å²) >= 11 is 8.24. The topological polar surface area (TPSA) is 15.3 Å². The molecular weight excluding hydrogens is 264 g/mol. The predicted octanol–water partition coefficient (Wildman–Crippen LogP) is 3.54. The normalized spacial score (nSPS) is 24.5. The van der Waals surface area contributed by atoms with Gasteiger partial charge < -0.3 is 5.32 Å². The zero-order chi connectivity index (χ0) is 12.4. The van der Waals surface area contributed by atoms with Gasteiger partial charge in [0.25, 0.3) is 0 Å². The van der Waals surface area contributed by atoms with Crippen molar-refractivity contribution in [1.29, 1.82) is 0 Å². The Morgan fingerprint density at radius 2 is 2.00 bits per heavy atom. The molecule has 2 aliphatic rings. The number of hydrogen-bond donors (Lipinski definition) is 1. The quantitative estimate of drug-likeness (QED) is 0.913. The second-order valence-corrected chi connectivity index (χ2v) is 6.76. The fraction of sp³-hybridized carbons (Fsp3) is 0.714. The Balaban J connectivity index is 1.85. The number of nitrogens with zero attached hydrogens (tertiary/aromatic N) is 1. The Morgan fingerprint density at radius 1 is 1.28 bits per heavy atom. The van der Waals surface area contributed by atoms with Crippen molar-refractivity contribution in [3.05, 3.63) is 21.3 Å². The molecule has 100 valence electrons. The highest BCUT2D eigenvalue weighted by molar-refractivity contribution is 7.10. The molecule has 1 N–H and O–H groups in total. The Bertz CT molecular complexity index is 381. The van der Waals surface area contributed by atoms with E-state index in [0.717, 1.165) is 37.1 Å². The minimum absolute atomic E-state index is 0.571. The first kappa shape index (κ1) is 12.9. The molecule has 0 bridgehead atoms. The van der Waals surface area contributed by atoms with Crippen LogP contribution in [-0.2, 0) is 0 Å². The van der Waals surface area contributed by atoms with Crippen LogP contribution in [0, 0.1) is 5.92 Å². The molecule has 1 aliphatic heterocycles. The largest absolute Gasteiger partial charge is 0.314 e. The van der Waals surface area contributed by atoms with Crippen molar-refractivity contribution in [2.75, 3.05) is 26.2 Å². The summed E-state index contributed by atoms with van der Waals surface area (Å²) in [5, 5.41) is 6.57. The van der Waals surface area contributed by atoms with E-state index in [0.29, 0.717) is 6.04 Å². The molecule has 18 heavy (non-hydrogen) atoms. The van der Waals surface area contributed by atoms with E-state index in [-0.39, 0.29) is 0 Å². The molecule has 1 saturated carbocycles. The van der Waals surface area contributed by atoms with Crippen LogP contribution in [0.1, 0.15) is 36.6 Å². The molecule has 0 aromatic carbocycles. The Hall–Kier alpha value is -0.0900. The molecule has 2 nitrogen and oxygen atoms in total. The van der Waals surface area contributed by atoms with Gasteiger partial charge in [-0.05, 0) is 30.2 Å². The SMILES string of the molecule is Clc1ccsc1[C@@H](C1CCCC1)N1CCNCC1. The Kier molecular flexibility index (Phi) is 4.24. The second kappa shape index (κ2) is 5.91. The maximum Gasteiger partial charge on any atom is 0.0561 e. The number of piperazine rings is 1. The van der Waals surface area contributed by atoms with Crippen molar-refractivity contribution < 1.29 is 0 Å². The van der Waals surface area contributed by atoms with E-state index in [2.05, 4.69) is 21.7 Å². The van der Waals surface area contributed by atoms with Crippen molar-refractivity contribution in [2.24, 2.45) is 5.92 Å². The van der Waals surface area contributed by atoms with Gasteiger partial charge in [0, 0.05) is 37.1 Å². The summed E-state index contributed by atoms with van der Waals surface area (Å²) in [6.07, 6.45) is 5.55. The van der Waals surface area contributed by atoms with Gasteiger partial charge >= 0.3 is 0 Å². The second-order valence-electron chi connectivity index (χ2n) is 5.41. The zero-order valence-corrected chi connectivity index (χ0v) is 12.3. The summed E-state index contributed by atoms with van der Waals surface area (Å²) in [4.78, 5) is 4.06. The van der Waals surface area contributed by atoms with Crippen LogP contribution in [0.25, 0.3) is 0 Å². The molecule has 3 rings (SSSR count). The highest BCUT2D eigenvalue weighted by Gasteiger charge is 2.33. The maximum atomic E-state index is 6.40. The first-order valence-electron chi connectivity index (χ1n) is 7.04. The minimum Gasteiger partial charge on any atom is -0.314 e. The lowest BCUT2D eigenvalue weighted by Gasteiger charge is -2.38. The van der Waals surface area contributed by atoms with E-state index in [1.54, 1.807) is 0 Å². The molecule has 1 aromatic rings. The summed E-state index contributed by atoms with van der Waals surface area (Å²) in [6, 6.07) is 2.63. The first-order valence-corrected chi connectivity index (χ1v) is 8.29. The van der Waals surface area contributed by atoms with Crippen molar-refractivity contribution >= 4 is 22.9 Å². The maximum absolute atomic E-state index is 6.40. The molecule has 1 aromatic heterocycles. The van der Waals surface area contributed by atoms with Crippen LogP contribution in [0.2, 0.25) is 5.02 Å². The van der Waals surface area contributed by atoms with Gasteiger partial charge in [-0.1, -0.05) is 24.4 Å². The van der Waals surface area contributed by atoms with Crippen molar-refractivity contribution in [3.63, 3.8) is 0 Å². The monoisotopic (exact) mass is 284 g/mol. The number of nitrogens with one attached hydrogen (secondary N) is 1. The van der Waals surface area contributed by atoms with E-state index in [1.807, 2.05) is 11.3 Å². The third-order valence-corrected chi connectivity index (χ3v) is 5.73. The molecule has 1 atom stereocenters. The number of halogens is 1. The summed E-state index contributed by atoms with van der Waals surface area (Å²) in [5.74, 6) is 0.819.